The Morgan fingerprint density at radius 2 is 1.71 bits per heavy atom. The molecule has 0 unspecified atom stereocenters. The van der Waals surface area contributed by atoms with Crippen LogP contribution in [0.3, 0.4) is 0 Å². The van der Waals surface area contributed by atoms with E-state index in [1.54, 1.807) is 0 Å². The molecule has 1 saturated heterocycles. The second-order valence-electron chi connectivity index (χ2n) is 6.77. The Kier molecular flexibility index (Phi) is 8.02. The third-order valence-electron chi connectivity index (χ3n) is 4.29. The first-order valence-corrected chi connectivity index (χ1v) is 9.25. The van der Waals surface area contributed by atoms with E-state index in [4.69, 9.17) is 18.9 Å². The molecule has 0 spiro atoms. The summed E-state index contributed by atoms with van der Waals surface area (Å²) < 4.78 is 46.9. The van der Waals surface area contributed by atoms with Crippen LogP contribution in [0.2, 0.25) is 0 Å². The number of ether oxygens (including phenoxy) is 4. The number of carbonyl (C=O) groups is 3. The first-order chi connectivity index (χ1) is 14.5. The van der Waals surface area contributed by atoms with Gasteiger partial charge in [-0.25, -0.2) is 13.6 Å². The second kappa shape index (κ2) is 10.3. The minimum absolute atomic E-state index is 0.127. The Bertz CT molecular complexity index is 943. The Hall–Kier alpha value is -3.09. The Labute approximate surface area is 174 Å². The summed E-state index contributed by atoms with van der Waals surface area (Å²) in [5, 5.41) is 0. The van der Waals surface area contributed by atoms with Crippen LogP contribution in [0.5, 0.6) is 0 Å². The van der Waals surface area contributed by atoms with Crippen molar-refractivity contribution in [3.05, 3.63) is 32.6 Å². The summed E-state index contributed by atoms with van der Waals surface area (Å²) in [6.45, 7) is 2.91. The van der Waals surface area contributed by atoms with Crippen molar-refractivity contribution in [2.45, 2.75) is 64.6 Å². The lowest BCUT2D eigenvalue weighted by Gasteiger charge is -2.24. The van der Waals surface area contributed by atoms with E-state index in [-0.39, 0.29) is 12.0 Å². The van der Waals surface area contributed by atoms with Crippen molar-refractivity contribution in [3.8, 4) is 0 Å². The van der Waals surface area contributed by atoms with Crippen LogP contribution in [0.4, 0.5) is 8.78 Å². The fourth-order valence-corrected chi connectivity index (χ4v) is 3.08. The molecule has 0 aliphatic carbocycles. The van der Waals surface area contributed by atoms with Crippen LogP contribution >= 0.6 is 0 Å². The molecule has 2 rings (SSSR count). The summed E-state index contributed by atoms with van der Waals surface area (Å²) in [7, 11) is 0. The number of aromatic amines is 1. The molecule has 1 aromatic rings. The summed E-state index contributed by atoms with van der Waals surface area (Å²) >= 11 is 0. The highest BCUT2D eigenvalue weighted by Gasteiger charge is 2.51. The first kappa shape index (κ1) is 24.2. The van der Waals surface area contributed by atoms with Crippen molar-refractivity contribution < 1.29 is 42.1 Å². The standard InChI is InChI=1S/C18H22F2N2O9/c1-8(23)28-7-12-14(29-9(2)24)15(30-10(3)25)17(31-12)22-6-11(4-5-13(19)20)16(26)21-18(22)27/h6,12-15,17H,4-5,7H2,1-3H3,(H,21,26,27)/t12-,14-,15-,17-/m1/s1. The third-order valence-corrected chi connectivity index (χ3v) is 4.29. The number of nitrogens with one attached hydrogen (secondary N) is 1. The molecule has 1 aromatic heterocycles. The second-order valence-corrected chi connectivity index (χ2v) is 6.77. The van der Waals surface area contributed by atoms with Gasteiger partial charge in [0.25, 0.3) is 5.56 Å². The molecular weight excluding hydrogens is 426 g/mol. The number of alkyl halides is 2. The average molecular weight is 448 g/mol. The molecule has 1 N–H and O–H groups in total. The molecular formula is C18H22F2N2O9. The van der Waals surface area contributed by atoms with E-state index in [0.29, 0.717) is 0 Å². The van der Waals surface area contributed by atoms with Crippen LogP contribution in [0, 0.1) is 0 Å². The molecule has 0 aromatic carbocycles. The monoisotopic (exact) mass is 448 g/mol. The average Bonchev–Trinajstić information content (AvgIpc) is 2.95. The van der Waals surface area contributed by atoms with Gasteiger partial charge < -0.3 is 18.9 Å². The lowest BCUT2D eigenvalue weighted by atomic mass is 10.1. The van der Waals surface area contributed by atoms with E-state index in [2.05, 4.69) is 0 Å². The smallest absolute Gasteiger partial charge is 0.330 e. The molecule has 31 heavy (non-hydrogen) atoms. The SMILES string of the molecule is CC(=O)OC[C@H]1O[C@@H](n2cc(CCC(F)F)c(=O)[nH]c2=O)[C@H](OC(C)=O)[C@@H]1OC(C)=O. The van der Waals surface area contributed by atoms with Gasteiger partial charge in [-0.15, -0.1) is 0 Å². The van der Waals surface area contributed by atoms with Gasteiger partial charge in [0.1, 0.15) is 12.7 Å². The highest BCUT2D eigenvalue weighted by molar-refractivity contribution is 5.68. The quantitative estimate of drug-likeness (QED) is 0.431. The van der Waals surface area contributed by atoms with Crippen LogP contribution in [0.25, 0.3) is 0 Å². The molecule has 0 amide bonds. The van der Waals surface area contributed by atoms with E-state index < -0.39 is 73.1 Å². The largest absolute Gasteiger partial charge is 0.463 e. The van der Waals surface area contributed by atoms with E-state index in [0.717, 1.165) is 31.5 Å². The number of rotatable bonds is 8. The number of nitrogens with zero attached hydrogens (tertiary/aromatic N) is 1. The van der Waals surface area contributed by atoms with Gasteiger partial charge in [-0.2, -0.15) is 0 Å². The fourth-order valence-electron chi connectivity index (χ4n) is 3.08. The number of halogens is 2. The Balaban J connectivity index is 2.47. The highest BCUT2D eigenvalue weighted by Crippen LogP contribution is 2.33. The first-order valence-electron chi connectivity index (χ1n) is 9.25. The minimum atomic E-state index is -2.67. The van der Waals surface area contributed by atoms with Crippen molar-refractivity contribution >= 4 is 17.9 Å². The molecule has 1 aliphatic heterocycles. The van der Waals surface area contributed by atoms with Gasteiger partial charge in [0.15, 0.2) is 18.4 Å². The van der Waals surface area contributed by atoms with E-state index in [1.165, 1.54) is 0 Å². The minimum Gasteiger partial charge on any atom is -0.463 e. The maximum atomic E-state index is 12.6. The molecule has 11 nitrogen and oxygen atoms in total. The maximum absolute atomic E-state index is 12.6. The molecule has 13 heteroatoms. The van der Waals surface area contributed by atoms with Gasteiger partial charge in [0, 0.05) is 39.0 Å². The van der Waals surface area contributed by atoms with Gasteiger partial charge in [-0.05, 0) is 6.42 Å². The van der Waals surface area contributed by atoms with Crippen LogP contribution in [0.1, 0.15) is 39.0 Å². The maximum Gasteiger partial charge on any atom is 0.330 e. The number of hydrogen-bond donors (Lipinski definition) is 1. The van der Waals surface area contributed by atoms with Crippen LogP contribution in [-0.4, -0.2) is 58.8 Å². The third kappa shape index (κ3) is 6.44. The van der Waals surface area contributed by atoms with Crippen LogP contribution < -0.4 is 11.2 Å². The van der Waals surface area contributed by atoms with Gasteiger partial charge in [0.05, 0.1) is 0 Å². The summed E-state index contributed by atoms with van der Waals surface area (Å²) in [4.78, 5) is 60.7. The number of aryl methyl sites for hydroxylation is 1. The lowest BCUT2D eigenvalue weighted by molar-refractivity contribution is -0.166. The molecule has 0 saturated carbocycles. The van der Waals surface area contributed by atoms with Gasteiger partial charge in [-0.3, -0.25) is 28.7 Å². The molecule has 0 radical (unpaired) electrons. The molecule has 2 heterocycles. The highest BCUT2D eigenvalue weighted by atomic mass is 19.3. The molecule has 1 aliphatic rings. The Morgan fingerprint density at radius 1 is 1.10 bits per heavy atom. The fraction of sp³-hybridized carbons (Fsp3) is 0.611. The number of H-pyrrole nitrogens is 1. The van der Waals surface area contributed by atoms with E-state index in [9.17, 15) is 32.8 Å². The summed E-state index contributed by atoms with van der Waals surface area (Å²) in [5.74, 6) is -2.21. The van der Waals surface area contributed by atoms with Gasteiger partial charge in [0.2, 0.25) is 6.43 Å². The van der Waals surface area contributed by atoms with E-state index >= 15 is 0 Å². The predicted molar refractivity (Wildman–Crippen MR) is 97.3 cm³/mol. The van der Waals surface area contributed by atoms with Crippen LogP contribution in [-0.2, 0) is 39.8 Å². The molecule has 172 valence electrons. The topological polar surface area (TPSA) is 143 Å². The molecule has 4 atom stereocenters. The zero-order valence-electron chi connectivity index (χ0n) is 17.0. The predicted octanol–water partition coefficient (Wildman–Crippen LogP) is 0.0582. The number of esters is 3. The normalized spacial score (nSPS) is 22.9. The van der Waals surface area contributed by atoms with Crippen molar-refractivity contribution in [1.29, 1.82) is 0 Å². The van der Waals surface area contributed by atoms with Gasteiger partial charge in [-0.1, -0.05) is 0 Å². The van der Waals surface area contributed by atoms with Crippen molar-refractivity contribution in [3.63, 3.8) is 0 Å². The number of carbonyl (C=O) groups excluding carboxylic acids is 3. The van der Waals surface area contributed by atoms with Crippen LogP contribution in [0.15, 0.2) is 15.8 Å². The number of hydrogen-bond acceptors (Lipinski definition) is 9. The van der Waals surface area contributed by atoms with Crippen molar-refractivity contribution in [2.75, 3.05) is 6.61 Å². The molecule has 1 fully saturated rings. The summed E-state index contributed by atoms with van der Waals surface area (Å²) in [6.07, 6.45) is -7.73. The Morgan fingerprint density at radius 3 is 2.26 bits per heavy atom. The summed E-state index contributed by atoms with van der Waals surface area (Å²) in [6, 6.07) is 0. The van der Waals surface area contributed by atoms with Crippen molar-refractivity contribution in [2.24, 2.45) is 0 Å². The van der Waals surface area contributed by atoms with E-state index in [1.807, 2.05) is 4.98 Å². The summed E-state index contributed by atoms with van der Waals surface area (Å²) in [5.41, 5.74) is -1.95. The van der Waals surface area contributed by atoms with Gasteiger partial charge >= 0.3 is 23.6 Å². The number of aromatic nitrogens is 2. The zero-order chi connectivity index (χ0) is 23.3. The lowest BCUT2D eigenvalue weighted by Crippen LogP contribution is -2.42. The molecule has 0 bridgehead atoms. The van der Waals surface area contributed by atoms with Crippen molar-refractivity contribution in [1.82, 2.24) is 9.55 Å². The zero-order valence-corrected chi connectivity index (χ0v) is 17.0.